The van der Waals surface area contributed by atoms with Gasteiger partial charge in [0, 0.05) is 132 Å². The molecule has 0 saturated carbocycles. The molecule has 13 heterocycles. The van der Waals surface area contributed by atoms with Crippen LogP contribution in [0.2, 0.25) is 0 Å². The zero-order valence-electron chi connectivity index (χ0n) is 72.4. The fourth-order valence-electron chi connectivity index (χ4n) is 9.23. The summed E-state index contributed by atoms with van der Waals surface area (Å²) in [4.78, 5) is 29.6. The Morgan fingerprint density at radius 1 is 0.464 bits per heavy atom. The first kappa shape index (κ1) is 98.0. The number of hydrogen-bond acceptors (Lipinski definition) is 17. The third-order valence-corrected chi connectivity index (χ3v) is 16.1. The molecule has 612 valence electrons. The van der Waals surface area contributed by atoms with Crippen molar-refractivity contribution < 1.29 is 4.52 Å². The van der Waals surface area contributed by atoms with Crippen molar-refractivity contribution in [3.05, 3.63) is 251 Å². The number of rotatable bonds is 10. The Labute approximate surface area is 674 Å². The Morgan fingerprint density at radius 2 is 1.09 bits per heavy atom. The molecule has 24 heteroatoms. The third kappa shape index (κ3) is 43.5. The number of H-pyrrole nitrogens is 6. The number of aryl methyl sites for hydroxylation is 1. The fourth-order valence-corrected chi connectivity index (χ4v) is 9.95. The van der Waals surface area contributed by atoms with Crippen molar-refractivity contribution >= 4 is 27.9 Å². The molecule has 0 bridgehead atoms. The number of allylic oxidation sites excluding steroid dienone is 1. The van der Waals surface area contributed by atoms with Crippen LogP contribution in [-0.4, -0.2) is 107 Å². The van der Waals surface area contributed by atoms with Gasteiger partial charge >= 0.3 is 0 Å². The van der Waals surface area contributed by atoms with E-state index in [9.17, 15) is 0 Å². The molecule has 0 radical (unpaired) electrons. The van der Waals surface area contributed by atoms with E-state index in [0.29, 0.717) is 59.2 Å². The van der Waals surface area contributed by atoms with E-state index in [1.54, 1.807) is 84.2 Å². The molecule has 0 saturated heterocycles. The second-order valence-electron chi connectivity index (χ2n) is 30.9. The maximum absolute atomic E-state index is 4.63. The Kier molecular flexibility index (Phi) is 50.7. The summed E-state index contributed by atoms with van der Waals surface area (Å²) in [5.41, 5.74) is 24.7. The van der Waals surface area contributed by atoms with Gasteiger partial charge in [-0.3, -0.25) is 30.2 Å². The van der Waals surface area contributed by atoms with Crippen molar-refractivity contribution in [2.75, 3.05) is 6.54 Å². The minimum absolute atomic E-state index is 0.465. The fraction of sp³-hybridized carbons (Fsp3) is 0.489. The molecule has 0 atom stereocenters. The predicted molar refractivity (Wildman–Crippen MR) is 465 cm³/mol. The Morgan fingerprint density at radius 3 is 1.46 bits per heavy atom. The number of para-hydroxylation sites is 1. The van der Waals surface area contributed by atoms with Gasteiger partial charge in [0.1, 0.15) is 6.26 Å². The van der Waals surface area contributed by atoms with E-state index in [1.807, 2.05) is 90.8 Å². The summed E-state index contributed by atoms with van der Waals surface area (Å²) in [6.07, 6.45) is 31.6. The van der Waals surface area contributed by atoms with Crippen LogP contribution in [0, 0.1) is 17.8 Å². The molecule has 13 aromatic rings. The van der Waals surface area contributed by atoms with Crippen molar-refractivity contribution in [1.82, 2.24) is 111 Å². The number of fused-ring (bicyclic) bond motifs is 3. The molecule has 0 unspecified atom stereocenters. The number of pyridine rings is 1. The minimum atomic E-state index is 0.465. The highest BCUT2D eigenvalue weighted by atomic mass is 32.1. The standard InChI is InChI=1S/C10H16N2.C10H12N2.C9H11N3.C7H11N.C6H10N2.C6H12N2.C6H10N2.C6H9NO.C6H9NS.C5H9N3.C5H5N.C4H4N2.2C4H10/c2*1-7(2)10-8-5-3-4-6-9(8)11-12-10;1-7(2)8-6-9-10-4-3-5-12(9)11-8;1-6(2)7-4-3-5-8-7;1-5(2)6-3-7-4-8-6;2*1-5(2)6-3-4-7-8-6;1-5(2)6-3-4-8-7-6;1-5(2)6-3-8-4-7-6;1-4(2)5-3-6-8-7-5;1-2-4-6-5-3-1;1-2-6-4-3-5-1;2*1-4(2)3/h7H,3-6H2,1-2H3,(H,11,12);3-7H,1-2H3,(H,11,12);3-7H,1-2H3;3-6,8H,1-2H3;3-5H,1-2H3,(H,7,8);3,5,7-8H,4H2,1-2H3;3-5H,1-2H3,(H,7,8);2*3-5H,1-2H3;3-4H,1-2H3,(H,6,7,8);1-5H;1-4H;2*4H,1-3H3. The Hall–Kier alpha value is -10.1. The van der Waals surface area contributed by atoms with E-state index < -0.39 is 0 Å². The van der Waals surface area contributed by atoms with Gasteiger partial charge in [0.05, 0.1) is 52.0 Å². The number of imidazole rings is 1. The molecule has 15 rings (SSSR count). The van der Waals surface area contributed by atoms with Crippen molar-refractivity contribution in [1.29, 1.82) is 0 Å². The lowest BCUT2D eigenvalue weighted by atomic mass is 9.93. The SMILES string of the molecule is CC(C)C.CC(C)C.CC(C)C1=CCNN1.CC(C)c1[nH]nc2ccccc12.CC(C)c1cc2ncccn2n1.CC(C)c1ccc[nH]1.CC(C)c1ccn[nH]1.CC(C)c1ccon1.CC(C)c1cn[nH]n1.CC(C)c1cnc[nH]1.CC(C)c1cscn1.CC(C)c1n[nH]c2c1CCCC2.c1ccncc1.c1cnccn1. The van der Waals surface area contributed by atoms with Gasteiger partial charge in [-0.15, -0.1) is 11.3 Å². The van der Waals surface area contributed by atoms with E-state index in [0.717, 1.165) is 46.6 Å². The quantitative estimate of drug-likeness (QED) is 0.0631. The van der Waals surface area contributed by atoms with Crippen molar-refractivity contribution in [3.63, 3.8) is 0 Å². The van der Waals surface area contributed by atoms with E-state index in [1.165, 1.54) is 82.2 Å². The number of benzene rings is 1. The molecule has 1 aliphatic heterocycles. The number of nitrogens with zero attached hydrogens (tertiary/aromatic N) is 14. The van der Waals surface area contributed by atoms with Crippen LogP contribution >= 0.6 is 11.3 Å². The van der Waals surface area contributed by atoms with Gasteiger partial charge in [-0.05, 0) is 151 Å². The molecular formula is C88H138N22OS. The van der Waals surface area contributed by atoms with Crippen LogP contribution in [-0.2, 0) is 12.8 Å². The molecule has 0 spiro atoms. The average molecular weight is 1550 g/mol. The zero-order chi connectivity index (χ0) is 83.2. The van der Waals surface area contributed by atoms with Gasteiger partial charge in [0.25, 0.3) is 0 Å². The van der Waals surface area contributed by atoms with Crippen molar-refractivity contribution in [2.24, 2.45) is 17.8 Å². The molecule has 8 N–H and O–H groups in total. The average Bonchev–Trinajstić information content (AvgIpc) is 1.69. The first-order valence-electron chi connectivity index (χ1n) is 39.7. The second kappa shape index (κ2) is 57.9. The molecule has 2 aliphatic rings. The maximum atomic E-state index is 4.63. The number of aromatic nitrogens is 20. The molecule has 23 nitrogen and oxygen atoms in total. The van der Waals surface area contributed by atoms with Crippen LogP contribution in [0.15, 0.2) is 193 Å². The number of hydrazine groups is 1. The Balaban J connectivity index is 0.000000413. The van der Waals surface area contributed by atoms with Crippen LogP contribution in [0.4, 0.5) is 0 Å². The highest BCUT2D eigenvalue weighted by Crippen LogP contribution is 2.27. The van der Waals surface area contributed by atoms with E-state index in [-0.39, 0.29) is 0 Å². The number of hydrogen-bond donors (Lipinski definition) is 8. The molecular weight excluding hydrogens is 1410 g/mol. The normalized spacial score (nSPS) is 11.5. The summed E-state index contributed by atoms with van der Waals surface area (Å²) in [5, 5.41) is 43.0. The summed E-state index contributed by atoms with van der Waals surface area (Å²) < 4.78 is 6.43. The summed E-state index contributed by atoms with van der Waals surface area (Å²) in [7, 11) is 0. The second-order valence-corrected chi connectivity index (χ2v) is 31.6. The Bertz CT molecular complexity index is 3770. The maximum Gasteiger partial charge on any atom is 0.155 e. The van der Waals surface area contributed by atoms with Crippen molar-refractivity contribution in [2.45, 2.75) is 259 Å². The van der Waals surface area contributed by atoms with E-state index in [4.69, 9.17) is 0 Å². The molecule has 1 aliphatic carbocycles. The predicted octanol–water partition coefficient (Wildman–Crippen LogP) is 22.7. The summed E-state index contributed by atoms with van der Waals surface area (Å²) >= 11 is 1.66. The van der Waals surface area contributed by atoms with Crippen LogP contribution in [0.25, 0.3) is 16.6 Å². The molecule has 12 aromatic heterocycles. The topological polar surface area (TPSA) is 304 Å². The van der Waals surface area contributed by atoms with Gasteiger partial charge in [0.2, 0.25) is 0 Å². The van der Waals surface area contributed by atoms with Crippen LogP contribution in [0.1, 0.15) is 309 Å². The largest absolute Gasteiger partial charge is 0.365 e. The highest BCUT2D eigenvalue weighted by molar-refractivity contribution is 7.07. The lowest BCUT2D eigenvalue weighted by Gasteiger charge is -2.12. The monoisotopic (exact) mass is 1550 g/mol. The number of nitrogens with one attached hydrogen (secondary N) is 8. The smallest absolute Gasteiger partial charge is 0.155 e. The summed E-state index contributed by atoms with van der Waals surface area (Å²) in [6.45, 7) is 56.8. The zero-order valence-corrected chi connectivity index (χ0v) is 73.2. The lowest BCUT2D eigenvalue weighted by molar-refractivity contribution is 0.408. The minimum Gasteiger partial charge on any atom is -0.365 e. The van der Waals surface area contributed by atoms with Gasteiger partial charge in [0.15, 0.2) is 5.65 Å². The van der Waals surface area contributed by atoms with Gasteiger partial charge in [-0.25, -0.2) is 24.9 Å². The highest BCUT2D eigenvalue weighted by Gasteiger charge is 2.18. The van der Waals surface area contributed by atoms with Gasteiger partial charge in [-0.1, -0.05) is 209 Å². The van der Waals surface area contributed by atoms with Crippen LogP contribution < -0.4 is 10.9 Å². The first-order chi connectivity index (χ1) is 53.4. The molecule has 0 fully saturated rings. The summed E-state index contributed by atoms with van der Waals surface area (Å²) in [5.74, 6) is 7.15. The van der Waals surface area contributed by atoms with Crippen LogP contribution in [0.5, 0.6) is 0 Å². The third-order valence-electron chi connectivity index (χ3n) is 15.5. The van der Waals surface area contributed by atoms with Crippen molar-refractivity contribution in [3.8, 4) is 0 Å². The number of aromatic amines is 6. The molecule has 112 heavy (non-hydrogen) atoms. The molecule has 1 aromatic carbocycles. The van der Waals surface area contributed by atoms with Gasteiger partial charge in [-0.2, -0.15) is 35.8 Å². The van der Waals surface area contributed by atoms with E-state index >= 15 is 0 Å². The van der Waals surface area contributed by atoms with E-state index in [2.05, 4.69) is 315 Å². The van der Waals surface area contributed by atoms with Gasteiger partial charge < -0.3 is 19.9 Å². The van der Waals surface area contributed by atoms with Crippen LogP contribution in [0.3, 0.4) is 0 Å². The first-order valence-corrected chi connectivity index (χ1v) is 40.7. The summed E-state index contributed by atoms with van der Waals surface area (Å²) in [6, 6.07) is 25.8. The lowest BCUT2D eigenvalue weighted by Crippen LogP contribution is -2.25. The number of thiazole rings is 1. The molecule has 0 amide bonds.